The number of hydrogen-bond donors (Lipinski definition) is 2. The number of rotatable bonds is 2. The fourth-order valence-corrected chi connectivity index (χ4v) is 2.13. The first-order valence-corrected chi connectivity index (χ1v) is 5.00. The average Bonchev–Trinajstić information content (AvgIpc) is 2.12. The van der Waals surface area contributed by atoms with E-state index in [4.69, 9.17) is 5.14 Å². The van der Waals surface area contributed by atoms with Gasteiger partial charge in [0.15, 0.2) is 0 Å². The molecule has 0 aromatic carbocycles. The number of nitrogens with two attached hydrogens (primary N) is 1. The van der Waals surface area contributed by atoms with Gasteiger partial charge in [0.1, 0.15) is 0 Å². The molecule has 1 atom stereocenters. The Bertz CT molecular complexity index is 199. The second kappa shape index (κ2) is 4.25. The first-order chi connectivity index (χ1) is 4.58. The molecule has 0 saturated carbocycles. The van der Waals surface area contributed by atoms with Crippen LogP contribution >= 0.6 is 12.4 Å². The lowest BCUT2D eigenvalue weighted by molar-refractivity contribution is 0.572. The molecule has 1 rings (SSSR count). The maximum atomic E-state index is 10.5. The van der Waals surface area contributed by atoms with Crippen molar-refractivity contribution in [2.24, 2.45) is 11.1 Å². The first kappa shape index (κ1) is 11.2. The quantitative estimate of drug-likeness (QED) is 0.620. The van der Waals surface area contributed by atoms with Crippen LogP contribution in [-0.2, 0) is 10.0 Å². The van der Waals surface area contributed by atoms with E-state index < -0.39 is 10.0 Å². The third kappa shape index (κ3) is 4.58. The van der Waals surface area contributed by atoms with Gasteiger partial charge in [-0.25, -0.2) is 13.6 Å². The smallest absolute Gasteiger partial charge is 0.209 e. The number of halogens is 1. The van der Waals surface area contributed by atoms with Crippen molar-refractivity contribution < 1.29 is 8.42 Å². The molecule has 11 heavy (non-hydrogen) atoms. The molecule has 4 nitrogen and oxygen atoms in total. The molecule has 1 aliphatic rings. The van der Waals surface area contributed by atoms with Crippen LogP contribution in [0.3, 0.4) is 0 Å². The SMILES string of the molecule is Cl.NS(=O)(=O)CC1CCNC1. The van der Waals surface area contributed by atoms with Crippen molar-refractivity contribution >= 4 is 22.4 Å². The Morgan fingerprint density at radius 3 is 2.55 bits per heavy atom. The summed E-state index contributed by atoms with van der Waals surface area (Å²) in [6.45, 7) is 1.70. The summed E-state index contributed by atoms with van der Waals surface area (Å²) >= 11 is 0. The highest BCUT2D eigenvalue weighted by Crippen LogP contribution is 2.08. The van der Waals surface area contributed by atoms with Crippen LogP contribution in [0.1, 0.15) is 6.42 Å². The van der Waals surface area contributed by atoms with Crippen molar-refractivity contribution in [2.45, 2.75) is 6.42 Å². The third-order valence-corrected chi connectivity index (χ3v) is 2.57. The lowest BCUT2D eigenvalue weighted by Gasteiger charge is -2.03. The van der Waals surface area contributed by atoms with Gasteiger partial charge < -0.3 is 5.32 Å². The van der Waals surface area contributed by atoms with Crippen molar-refractivity contribution in [1.82, 2.24) is 5.32 Å². The van der Waals surface area contributed by atoms with Crippen molar-refractivity contribution in [2.75, 3.05) is 18.8 Å². The molecule has 0 aromatic heterocycles. The summed E-state index contributed by atoms with van der Waals surface area (Å²) in [6.07, 6.45) is 0.927. The average molecular weight is 201 g/mol. The molecule has 6 heteroatoms. The molecule has 0 aromatic rings. The largest absolute Gasteiger partial charge is 0.316 e. The minimum absolute atomic E-state index is 0. The molecule has 1 saturated heterocycles. The van der Waals surface area contributed by atoms with Crippen LogP contribution in [0.15, 0.2) is 0 Å². The molecule has 0 bridgehead atoms. The van der Waals surface area contributed by atoms with Crippen LogP contribution < -0.4 is 10.5 Å². The van der Waals surface area contributed by atoms with E-state index in [0.717, 1.165) is 19.5 Å². The van der Waals surface area contributed by atoms with E-state index in [1.165, 1.54) is 0 Å². The number of primary sulfonamides is 1. The van der Waals surface area contributed by atoms with Gasteiger partial charge in [0.2, 0.25) is 10.0 Å². The summed E-state index contributed by atoms with van der Waals surface area (Å²) in [5.74, 6) is 0.356. The summed E-state index contributed by atoms with van der Waals surface area (Å²) in [7, 11) is -3.25. The predicted octanol–water partition coefficient (Wildman–Crippen LogP) is -0.694. The molecule has 0 radical (unpaired) electrons. The summed E-state index contributed by atoms with van der Waals surface area (Å²) in [6, 6.07) is 0. The number of hydrogen-bond acceptors (Lipinski definition) is 3. The maximum Gasteiger partial charge on any atom is 0.209 e. The van der Waals surface area contributed by atoms with Gasteiger partial charge in [0, 0.05) is 0 Å². The predicted molar refractivity (Wildman–Crippen MR) is 46.2 cm³/mol. The summed E-state index contributed by atoms with van der Waals surface area (Å²) in [5, 5.41) is 7.93. The molecule has 1 fully saturated rings. The molecule has 0 amide bonds. The highest BCUT2D eigenvalue weighted by molar-refractivity contribution is 7.89. The summed E-state index contributed by atoms with van der Waals surface area (Å²) in [4.78, 5) is 0. The Morgan fingerprint density at radius 1 is 1.55 bits per heavy atom. The second-order valence-electron chi connectivity index (χ2n) is 2.69. The van der Waals surface area contributed by atoms with E-state index in [2.05, 4.69) is 5.32 Å². The van der Waals surface area contributed by atoms with Gasteiger partial charge >= 0.3 is 0 Å². The number of sulfonamides is 1. The van der Waals surface area contributed by atoms with Crippen molar-refractivity contribution in [1.29, 1.82) is 0 Å². The van der Waals surface area contributed by atoms with Crippen molar-refractivity contribution in [3.8, 4) is 0 Å². The molecule has 3 N–H and O–H groups in total. The Balaban J connectivity index is 0.000001000. The molecule has 0 aliphatic carbocycles. The van der Waals surface area contributed by atoms with Gasteiger partial charge in [0.25, 0.3) is 0 Å². The second-order valence-corrected chi connectivity index (χ2v) is 4.35. The van der Waals surface area contributed by atoms with Gasteiger partial charge in [0.05, 0.1) is 5.75 Å². The molecular weight excluding hydrogens is 188 g/mol. The normalized spacial score (nSPS) is 24.6. The minimum Gasteiger partial charge on any atom is -0.316 e. The zero-order valence-electron chi connectivity index (χ0n) is 6.12. The maximum absolute atomic E-state index is 10.5. The lowest BCUT2D eigenvalue weighted by Crippen LogP contribution is -2.24. The van der Waals surface area contributed by atoms with E-state index in [0.29, 0.717) is 0 Å². The molecular formula is C5H13ClN2O2S. The monoisotopic (exact) mass is 200 g/mol. The van der Waals surface area contributed by atoms with Crippen LogP contribution in [0.4, 0.5) is 0 Å². The van der Waals surface area contributed by atoms with Gasteiger partial charge in [-0.05, 0) is 25.4 Å². The van der Waals surface area contributed by atoms with Crippen LogP contribution in [-0.4, -0.2) is 27.3 Å². The highest BCUT2D eigenvalue weighted by Gasteiger charge is 2.19. The Morgan fingerprint density at radius 2 is 2.18 bits per heavy atom. The Labute approximate surface area is 73.0 Å². The Hall–Kier alpha value is 0.160. The molecule has 68 valence electrons. The molecule has 1 heterocycles. The van der Waals surface area contributed by atoms with E-state index in [-0.39, 0.29) is 24.1 Å². The van der Waals surface area contributed by atoms with Gasteiger partial charge in [-0.2, -0.15) is 0 Å². The van der Waals surface area contributed by atoms with E-state index in [1.54, 1.807) is 0 Å². The van der Waals surface area contributed by atoms with E-state index in [1.807, 2.05) is 0 Å². The van der Waals surface area contributed by atoms with Crippen LogP contribution in [0.25, 0.3) is 0 Å². The van der Waals surface area contributed by atoms with Crippen molar-refractivity contribution in [3.63, 3.8) is 0 Å². The standard InChI is InChI=1S/C5H12N2O2S.ClH/c6-10(8,9)4-5-1-2-7-3-5;/h5,7H,1-4H2,(H2,6,8,9);1H. The molecule has 0 spiro atoms. The van der Waals surface area contributed by atoms with E-state index >= 15 is 0 Å². The van der Waals surface area contributed by atoms with E-state index in [9.17, 15) is 8.42 Å². The lowest BCUT2D eigenvalue weighted by atomic mass is 10.2. The summed E-state index contributed by atoms with van der Waals surface area (Å²) < 4.78 is 21.1. The fourth-order valence-electron chi connectivity index (χ4n) is 1.19. The van der Waals surface area contributed by atoms with Crippen LogP contribution in [0, 0.1) is 5.92 Å². The topological polar surface area (TPSA) is 72.2 Å². The van der Waals surface area contributed by atoms with Crippen LogP contribution in [0.5, 0.6) is 0 Å². The van der Waals surface area contributed by atoms with Gasteiger partial charge in [-0.3, -0.25) is 0 Å². The molecule has 1 unspecified atom stereocenters. The van der Waals surface area contributed by atoms with Crippen molar-refractivity contribution in [3.05, 3.63) is 0 Å². The zero-order chi connectivity index (χ0) is 7.61. The summed E-state index contributed by atoms with van der Waals surface area (Å²) in [5.41, 5.74) is 0. The van der Waals surface area contributed by atoms with Gasteiger partial charge in [-0.1, -0.05) is 0 Å². The van der Waals surface area contributed by atoms with Gasteiger partial charge in [-0.15, -0.1) is 12.4 Å². The Kier molecular flexibility index (Phi) is 4.31. The highest BCUT2D eigenvalue weighted by atomic mass is 35.5. The fraction of sp³-hybridized carbons (Fsp3) is 1.00. The molecule has 1 aliphatic heterocycles. The minimum atomic E-state index is -3.25. The first-order valence-electron chi connectivity index (χ1n) is 3.29. The van der Waals surface area contributed by atoms with Crippen LogP contribution in [0.2, 0.25) is 0 Å². The zero-order valence-corrected chi connectivity index (χ0v) is 7.75. The third-order valence-electron chi connectivity index (χ3n) is 1.63. The number of nitrogens with one attached hydrogen (secondary N) is 1.